The maximum Gasteiger partial charge on any atom is 0.269 e. The van der Waals surface area contributed by atoms with Crippen LogP contribution in [0.15, 0.2) is 48.5 Å². The number of carbonyl (C=O) groups excluding carboxylic acids is 2. The number of nitrogens with one attached hydrogen (secondary N) is 3. The summed E-state index contributed by atoms with van der Waals surface area (Å²) in [5, 5.41) is 2.49. The lowest BCUT2D eigenvalue weighted by Crippen LogP contribution is -2.48. The Hall–Kier alpha value is -2.93. The molecule has 0 fully saturated rings. The summed E-state index contributed by atoms with van der Waals surface area (Å²) in [4.78, 5) is 24.3. The second-order valence-corrected chi connectivity index (χ2v) is 5.55. The molecule has 130 valence electrons. The Bertz CT molecular complexity index is 793. The van der Waals surface area contributed by atoms with Crippen LogP contribution in [0.2, 0.25) is 0 Å². The van der Waals surface area contributed by atoms with Crippen molar-refractivity contribution in [3.63, 3.8) is 0 Å². The third-order valence-corrected chi connectivity index (χ3v) is 3.52. The van der Waals surface area contributed by atoms with Crippen LogP contribution in [0.3, 0.4) is 0 Å². The number of aryl methyl sites for hydroxylation is 1. The van der Waals surface area contributed by atoms with Crippen LogP contribution in [0, 0.1) is 6.92 Å². The molecule has 0 spiro atoms. The van der Waals surface area contributed by atoms with Crippen molar-refractivity contribution in [2.45, 2.75) is 13.8 Å². The highest BCUT2D eigenvalue weighted by atomic mass is 32.1. The minimum Gasteiger partial charge on any atom is -0.494 e. The van der Waals surface area contributed by atoms with Crippen molar-refractivity contribution in [1.29, 1.82) is 0 Å². The lowest BCUT2D eigenvalue weighted by Gasteiger charge is -2.12. The van der Waals surface area contributed by atoms with E-state index in [0.29, 0.717) is 23.5 Å². The van der Waals surface area contributed by atoms with Gasteiger partial charge >= 0.3 is 0 Å². The fraction of sp³-hybridized carbons (Fsp3) is 0.167. The van der Waals surface area contributed by atoms with E-state index in [1.54, 1.807) is 36.4 Å². The number of rotatable bonds is 4. The topological polar surface area (TPSA) is 79.5 Å². The molecule has 0 heterocycles. The minimum absolute atomic E-state index is 0.00579. The summed E-state index contributed by atoms with van der Waals surface area (Å²) in [6, 6.07) is 13.9. The number of hydrazine groups is 1. The second-order valence-electron chi connectivity index (χ2n) is 5.14. The van der Waals surface area contributed by atoms with Crippen LogP contribution in [-0.4, -0.2) is 23.5 Å². The first-order valence-corrected chi connectivity index (χ1v) is 8.12. The summed E-state index contributed by atoms with van der Waals surface area (Å²) in [5.41, 5.74) is 6.74. The minimum atomic E-state index is -0.399. The van der Waals surface area contributed by atoms with Crippen LogP contribution in [0.5, 0.6) is 5.75 Å². The largest absolute Gasteiger partial charge is 0.494 e. The summed E-state index contributed by atoms with van der Waals surface area (Å²) < 4.78 is 5.36. The lowest BCUT2D eigenvalue weighted by atomic mass is 10.1. The van der Waals surface area contributed by atoms with Crippen molar-refractivity contribution < 1.29 is 14.3 Å². The quantitative estimate of drug-likeness (QED) is 0.578. The van der Waals surface area contributed by atoms with E-state index in [-0.39, 0.29) is 11.0 Å². The molecule has 0 atom stereocenters. The van der Waals surface area contributed by atoms with Crippen molar-refractivity contribution in [2.24, 2.45) is 0 Å². The number of thiocarbonyl (C=S) groups is 1. The molecule has 0 aliphatic carbocycles. The molecule has 2 aromatic carbocycles. The Balaban J connectivity index is 1.89. The van der Waals surface area contributed by atoms with Crippen molar-refractivity contribution in [2.75, 3.05) is 6.61 Å². The first-order chi connectivity index (χ1) is 12.0. The Morgan fingerprint density at radius 1 is 1.04 bits per heavy atom. The SMILES string of the molecule is CCOc1cccc(C(=O)NC(=S)NNC(=O)c2ccccc2C)c1. The number of carbonyl (C=O) groups is 2. The number of hydrogen-bond acceptors (Lipinski definition) is 4. The highest BCUT2D eigenvalue weighted by molar-refractivity contribution is 7.80. The molecular formula is C18H19N3O3S. The molecule has 0 saturated heterocycles. The standard InChI is InChI=1S/C18H19N3O3S/c1-3-24-14-9-6-8-13(11-14)16(22)19-18(25)21-20-17(23)15-10-5-4-7-12(15)2/h4-11H,3H2,1-2H3,(H,20,23)(H2,19,21,22,25). The van der Waals surface area contributed by atoms with Crippen molar-refractivity contribution in [3.8, 4) is 5.75 Å². The zero-order chi connectivity index (χ0) is 18.2. The van der Waals surface area contributed by atoms with Gasteiger partial charge in [0.25, 0.3) is 11.8 Å². The van der Waals surface area contributed by atoms with Gasteiger partial charge in [0.2, 0.25) is 0 Å². The average Bonchev–Trinajstić information content (AvgIpc) is 2.60. The summed E-state index contributed by atoms with van der Waals surface area (Å²) in [6.07, 6.45) is 0. The van der Waals surface area contributed by atoms with E-state index in [4.69, 9.17) is 17.0 Å². The van der Waals surface area contributed by atoms with Crippen LogP contribution < -0.4 is 20.9 Å². The Labute approximate surface area is 151 Å². The molecule has 0 radical (unpaired) electrons. The van der Waals surface area contributed by atoms with Crippen molar-refractivity contribution in [3.05, 3.63) is 65.2 Å². The van der Waals surface area contributed by atoms with Gasteiger partial charge in [0.05, 0.1) is 6.61 Å². The average molecular weight is 357 g/mol. The molecule has 6 nitrogen and oxygen atoms in total. The number of amides is 2. The van der Waals surface area contributed by atoms with Crippen LogP contribution >= 0.6 is 12.2 Å². The van der Waals surface area contributed by atoms with Gasteiger partial charge in [-0.05, 0) is 55.9 Å². The highest BCUT2D eigenvalue weighted by Crippen LogP contribution is 2.13. The number of ether oxygens (including phenoxy) is 1. The van der Waals surface area contributed by atoms with Gasteiger partial charge in [0.15, 0.2) is 5.11 Å². The Morgan fingerprint density at radius 3 is 2.52 bits per heavy atom. The number of hydrogen-bond donors (Lipinski definition) is 3. The molecule has 7 heteroatoms. The van der Waals surface area contributed by atoms with Gasteiger partial charge in [-0.2, -0.15) is 0 Å². The van der Waals surface area contributed by atoms with E-state index in [9.17, 15) is 9.59 Å². The molecule has 25 heavy (non-hydrogen) atoms. The maximum atomic E-state index is 12.2. The normalized spacial score (nSPS) is 9.84. The molecule has 0 bridgehead atoms. The zero-order valence-electron chi connectivity index (χ0n) is 14.0. The summed E-state index contributed by atoms with van der Waals surface area (Å²) in [7, 11) is 0. The predicted octanol–water partition coefficient (Wildman–Crippen LogP) is 2.34. The molecule has 0 saturated carbocycles. The molecule has 3 N–H and O–H groups in total. The van der Waals surface area contributed by atoms with Gasteiger partial charge in [-0.15, -0.1) is 0 Å². The van der Waals surface area contributed by atoms with E-state index in [2.05, 4.69) is 16.2 Å². The summed E-state index contributed by atoms with van der Waals surface area (Å²) in [6.45, 7) is 4.21. The molecule has 2 aromatic rings. The third kappa shape index (κ3) is 5.29. The smallest absolute Gasteiger partial charge is 0.269 e. The fourth-order valence-electron chi connectivity index (χ4n) is 2.11. The van der Waals surface area contributed by atoms with Crippen LogP contribution in [-0.2, 0) is 0 Å². The molecule has 0 unspecified atom stereocenters. The lowest BCUT2D eigenvalue weighted by molar-refractivity contribution is 0.0934. The summed E-state index contributed by atoms with van der Waals surface area (Å²) >= 11 is 5.03. The predicted molar refractivity (Wildman–Crippen MR) is 99.5 cm³/mol. The van der Waals surface area contributed by atoms with Gasteiger partial charge < -0.3 is 4.74 Å². The van der Waals surface area contributed by atoms with E-state index in [1.807, 2.05) is 26.0 Å². The number of benzene rings is 2. The maximum absolute atomic E-state index is 12.2. The Kier molecular flexibility index (Phi) is 6.47. The van der Waals surface area contributed by atoms with Gasteiger partial charge in [0.1, 0.15) is 5.75 Å². The monoisotopic (exact) mass is 357 g/mol. The molecule has 0 aromatic heterocycles. The van der Waals surface area contributed by atoms with Crippen molar-refractivity contribution in [1.82, 2.24) is 16.2 Å². The fourth-order valence-corrected chi connectivity index (χ4v) is 2.25. The molecular weight excluding hydrogens is 338 g/mol. The van der Waals surface area contributed by atoms with E-state index in [0.717, 1.165) is 5.56 Å². The van der Waals surface area contributed by atoms with E-state index >= 15 is 0 Å². The third-order valence-electron chi connectivity index (χ3n) is 3.31. The first-order valence-electron chi connectivity index (χ1n) is 7.71. The second kappa shape index (κ2) is 8.79. The van der Waals surface area contributed by atoms with E-state index < -0.39 is 5.91 Å². The summed E-state index contributed by atoms with van der Waals surface area (Å²) in [5.74, 6) is -0.140. The molecule has 2 rings (SSSR count). The first kappa shape index (κ1) is 18.4. The molecule has 0 aliphatic rings. The van der Waals surface area contributed by atoms with Crippen molar-refractivity contribution >= 4 is 29.1 Å². The van der Waals surface area contributed by atoms with E-state index in [1.165, 1.54) is 0 Å². The van der Waals surface area contributed by atoms with Gasteiger partial charge in [-0.25, -0.2) is 0 Å². The van der Waals surface area contributed by atoms with Gasteiger partial charge in [-0.3, -0.25) is 25.8 Å². The molecule has 2 amide bonds. The van der Waals surface area contributed by atoms with Crippen LogP contribution in [0.4, 0.5) is 0 Å². The van der Waals surface area contributed by atoms with Crippen LogP contribution in [0.1, 0.15) is 33.2 Å². The van der Waals surface area contributed by atoms with Gasteiger partial charge in [-0.1, -0.05) is 24.3 Å². The Morgan fingerprint density at radius 2 is 1.80 bits per heavy atom. The van der Waals surface area contributed by atoms with Crippen LogP contribution in [0.25, 0.3) is 0 Å². The highest BCUT2D eigenvalue weighted by Gasteiger charge is 2.11. The zero-order valence-corrected chi connectivity index (χ0v) is 14.8. The van der Waals surface area contributed by atoms with Gasteiger partial charge in [0, 0.05) is 11.1 Å². The molecule has 0 aliphatic heterocycles.